The number of hydrogen-bond acceptors (Lipinski definition) is 1. The summed E-state index contributed by atoms with van der Waals surface area (Å²) in [6.45, 7) is 7.71. The lowest BCUT2D eigenvalue weighted by Gasteiger charge is -2.05. The SMILES string of the molecule is C=Nc1ccc(-c2ccc(C)cc2)cc1C. The van der Waals surface area contributed by atoms with E-state index in [1.54, 1.807) is 0 Å². The van der Waals surface area contributed by atoms with E-state index >= 15 is 0 Å². The van der Waals surface area contributed by atoms with Crippen molar-refractivity contribution in [2.24, 2.45) is 4.99 Å². The molecule has 0 atom stereocenters. The van der Waals surface area contributed by atoms with Crippen molar-refractivity contribution in [3.05, 3.63) is 53.6 Å². The second-order valence-electron chi connectivity index (χ2n) is 4.03. The second kappa shape index (κ2) is 4.31. The van der Waals surface area contributed by atoms with Gasteiger partial charge in [-0.3, -0.25) is 4.99 Å². The van der Waals surface area contributed by atoms with Crippen molar-refractivity contribution in [2.45, 2.75) is 13.8 Å². The maximum absolute atomic E-state index is 3.97. The Morgan fingerprint density at radius 1 is 0.875 bits per heavy atom. The van der Waals surface area contributed by atoms with Gasteiger partial charge in [0.2, 0.25) is 0 Å². The molecule has 0 aromatic heterocycles. The molecular weight excluding hydrogens is 194 g/mol. The van der Waals surface area contributed by atoms with E-state index in [-0.39, 0.29) is 0 Å². The predicted octanol–water partition coefficient (Wildman–Crippen LogP) is 4.30. The molecule has 0 saturated heterocycles. The van der Waals surface area contributed by atoms with E-state index in [0.717, 1.165) is 11.3 Å². The van der Waals surface area contributed by atoms with Crippen LogP contribution in [0.3, 0.4) is 0 Å². The summed E-state index contributed by atoms with van der Waals surface area (Å²) >= 11 is 0. The van der Waals surface area contributed by atoms with Crippen LogP contribution in [0.15, 0.2) is 47.5 Å². The van der Waals surface area contributed by atoms with Gasteiger partial charge in [-0.25, -0.2) is 0 Å². The summed E-state index contributed by atoms with van der Waals surface area (Å²) in [6.07, 6.45) is 0. The van der Waals surface area contributed by atoms with Crippen molar-refractivity contribution >= 4 is 12.4 Å². The molecule has 0 radical (unpaired) electrons. The average molecular weight is 209 g/mol. The molecule has 2 aromatic carbocycles. The van der Waals surface area contributed by atoms with Gasteiger partial charge in [0.1, 0.15) is 0 Å². The Labute approximate surface area is 96.5 Å². The molecule has 0 aliphatic heterocycles. The molecule has 0 amide bonds. The van der Waals surface area contributed by atoms with Crippen molar-refractivity contribution in [1.29, 1.82) is 0 Å². The molecule has 0 fully saturated rings. The molecular formula is C15H15N. The fraction of sp³-hybridized carbons (Fsp3) is 0.133. The fourth-order valence-corrected chi connectivity index (χ4v) is 1.76. The zero-order valence-corrected chi connectivity index (χ0v) is 9.70. The third kappa shape index (κ3) is 2.03. The van der Waals surface area contributed by atoms with Crippen LogP contribution in [0.4, 0.5) is 5.69 Å². The first-order valence-corrected chi connectivity index (χ1v) is 5.35. The number of hydrogen-bond donors (Lipinski definition) is 0. The van der Waals surface area contributed by atoms with E-state index in [2.05, 4.69) is 62.0 Å². The molecule has 16 heavy (non-hydrogen) atoms. The number of nitrogens with zero attached hydrogens (tertiary/aromatic N) is 1. The summed E-state index contributed by atoms with van der Waals surface area (Å²) < 4.78 is 0. The van der Waals surface area contributed by atoms with Crippen LogP contribution in [0, 0.1) is 13.8 Å². The van der Waals surface area contributed by atoms with Gasteiger partial charge in [-0.05, 0) is 49.4 Å². The van der Waals surface area contributed by atoms with Crippen molar-refractivity contribution < 1.29 is 0 Å². The normalized spacial score (nSPS) is 10.1. The monoisotopic (exact) mass is 209 g/mol. The molecule has 2 aromatic rings. The lowest BCUT2D eigenvalue weighted by atomic mass is 10.0. The van der Waals surface area contributed by atoms with Crippen LogP contribution in [0.1, 0.15) is 11.1 Å². The Bertz CT molecular complexity index is 509. The van der Waals surface area contributed by atoms with E-state index < -0.39 is 0 Å². The molecule has 80 valence electrons. The van der Waals surface area contributed by atoms with Crippen molar-refractivity contribution in [3.63, 3.8) is 0 Å². The summed E-state index contributed by atoms with van der Waals surface area (Å²) in [4.78, 5) is 3.97. The Balaban J connectivity index is 2.45. The number of aliphatic imine (C=N–C) groups is 1. The Morgan fingerprint density at radius 3 is 2.06 bits per heavy atom. The number of aryl methyl sites for hydroxylation is 2. The first kappa shape index (κ1) is 10.6. The fourth-order valence-electron chi connectivity index (χ4n) is 1.76. The van der Waals surface area contributed by atoms with Crippen molar-refractivity contribution in [3.8, 4) is 11.1 Å². The van der Waals surface area contributed by atoms with E-state index in [1.165, 1.54) is 16.7 Å². The Hall–Kier alpha value is -1.89. The highest BCUT2D eigenvalue weighted by molar-refractivity contribution is 5.68. The third-order valence-electron chi connectivity index (χ3n) is 2.75. The molecule has 0 heterocycles. The third-order valence-corrected chi connectivity index (χ3v) is 2.75. The predicted molar refractivity (Wildman–Crippen MR) is 70.6 cm³/mol. The van der Waals surface area contributed by atoms with Gasteiger partial charge in [-0.1, -0.05) is 35.9 Å². The van der Waals surface area contributed by atoms with E-state index in [4.69, 9.17) is 0 Å². The summed E-state index contributed by atoms with van der Waals surface area (Å²) in [5.41, 5.74) is 5.86. The molecule has 0 unspecified atom stereocenters. The van der Waals surface area contributed by atoms with Crippen LogP contribution in [-0.4, -0.2) is 6.72 Å². The summed E-state index contributed by atoms with van der Waals surface area (Å²) in [5.74, 6) is 0. The first-order valence-electron chi connectivity index (χ1n) is 5.35. The maximum atomic E-state index is 3.97. The minimum absolute atomic E-state index is 0.955. The Kier molecular flexibility index (Phi) is 2.86. The standard InChI is InChI=1S/C15H15N/c1-11-4-6-13(7-5-11)14-8-9-15(16-3)12(2)10-14/h4-10H,3H2,1-2H3. The quantitative estimate of drug-likeness (QED) is 0.654. The average Bonchev–Trinajstić information content (AvgIpc) is 2.30. The van der Waals surface area contributed by atoms with Crippen LogP contribution in [-0.2, 0) is 0 Å². The van der Waals surface area contributed by atoms with Gasteiger partial charge in [0.05, 0.1) is 5.69 Å². The topological polar surface area (TPSA) is 12.4 Å². The molecule has 0 spiro atoms. The molecule has 0 saturated carbocycles. The van der Waals surface area contributed by atoms with Gasteiger partial charge in [0, 0.05) is 0 Å². The van der Waals surface area contributed by atoms with Gasteiger partial charge in [-0.15, -0.1) is 0 Å². The molecule has 0 aliphatic carbocycles. The minimum atomic E-state index is 0.955. The van der Waals surface area contributed by atoms with Crippen molar-refractivity contribution in [1.82, 2.24) is 0 Å². The van der Waals surface area contributed by atoms with Crippen LogP contribution in [0.5, 0.6) is 0 Å². The zero-order valence-electron chi connectivity index (χ0n) is 9.70. The Morgan fingerprint density at radius 2 is 1.50 bits per heavy atom. The van der Waals surface area contributed by atoms with Gasteiger partial charge < -0.3 is 0 Å². The van der Waals surface area contributed by atoms with E-state index in [9.17, 15) is 0 Å². The minimum Gasteiger partial charge on any atom is -0.264 e. The summed E-state index contributed by atoms with van der Waals surface area (Å²) in [7, 11) is 0. The zero-order chi connectivity index (χ0) is 11.5. The second-order valence-corrected chi connectivity index (χ2v) is 4.03. The van der Waals surface area contributed by atoms with E-state index in [1.807, 2.05) is 6.07 Å². The lowest BCUT2D eigenvalue weighted by Crippen LogP contribution is -1.81. The molecule has 0 aliphatic rings. The van der Waals surface area contributed by atoms with Gasteiger partial charge in [-0.2, -0.15) is 0 Å². The highest BCUT2D eigenvalue weighted by Gasteiger charge is 2.00. The molecule has 0 N–H and O–H groups in total. The van der Waals surface area contributed by atoms with Crippen LogP contribution in [0.25, 0.3) is 11.1 Å². The van der Waals surface area contributed by atoms with E-state index in [0.29, 0.717) is 0 Å². The summed E-state index contributed by atoms with van der Waals surface area (Å²) in [5, 5.41) is 0. The van der Waals surface area contributed by atoms with Gasteiger partial charge >= 0.3 is 0 Å². The summed E-state index contributed by atoms with van der Waals surface area (Å²) in [6, 6.07) is 14.8. The molecule has 1 nitrogen and oxygen atoms in total. The number of benzene rings is 2. The largest absolute Gasteiger partial charge is 0.264 e. The van der Waals surface area contributed by atoms with Crippen LogP contribution >= 0.6 is 0 Å². The van der Waals surface area contributed by atoms with Gasteiger partial charge in [0.15, 0.2) is 0 Å². The van der Waals surface area contributed by atoms with Crippen LogP contribution < -0.4 is 0 Å². The van der Waals surface area contributed by atoms with Crippen LogP contribution in [0.2, 0.25) is 0 Å². The van der Waals surface area contributed by atoms with Crippen molar-refractivity contribution in [2.75, 3.05) is 0 Å². The lowest BCUT2D eigenvalue weighted by molar-refractivity contribution is 1.40. The highest BCUT2D eigenvalue weighted by atomic mass is 14.7. The smallest absolute Gasteiger partial charge is 0.0651 e. The number of rotatable bonds is 2. The molecule has 1 heteroatoms. The highest BCUT2D eigenvalue weighted by Crippen LogP contribution is 2.26. The first-order chi connectivity index (χ1) is 7.70. The molecule has 0 bridgehead atoms. The molecule has 2 rings (SSSR count). The van der Waals surface area contributed by atoms with Gasteiger partial charge in [0.25, 0.3) is 0 Å². The maximum Gasteiger partial charge on any atom is 0.0651 e.